The van der Waals surface area contributed by atoms with Gasteiger partial charge in [-0.1, -0.05) is 275 Å². The van der Waals surface area contributed by atoms with Gasteiger partial charge in [-0.15, -0.1) is 0 Å². The molecule has 13 rings (SSSR count). The van der Waals surface area contributed by atoms with Crippen molar-refractivity contribution in [3.05, 3.63) is 190 Å². The van der Waals surface area contributed by atoms with E-state index in [9.17, 15) is 0 Å². The van der Waals surface area contributed by atoms with Gasteiger partial charge in [0.2, 0.25) is 0 Å². The van der Waals surface area contributed by atoms with Crippen molar-refractivity contribution in [2.24, 2.45) is 0 Å². The lowest BCUT2D eigenvalue weighted by molar-refractivity contribution is 0.568. The Hall–Kier alpha value is -7.42. The van der Waals surface area contributed by atoms with E-state index in [-0.39, 0.29) is 43.3 Å². The Morgan fingerprint density at radius 2 is 0.386 bits per heavy atom. The van der Waals surface area contributed by atoms with E-state index >= 15 is 0 Å². The summed E-state index contributed by atoms with van der Waals surface area (Å²) in [7, 11) is 0. The first kappa shape index (κ1) is 59.5. The van der Waals surface area contributed by atoms with Crippen molar-refractivity contribution in [2.75, 3.05) is 0 Å². The summed E-state index contributed by atoms with van der Waals surface area (Å²) in [6.07, 6.45) is 0. The topological polar surface area (TPSA) is 8.82 Å². The van der Waals surface area contributed by atoms with Gasteiger partial charge in [0.1, 0.15) is 0 Å². The number of aromatic nitrogens is 2. The second-order valence-electron chi connectivity index (χ2n) is 35.0. The highest BCUT2D eigenvalue weighted by molar-refractivity contribution is 6.45. The summed E-state index contributed by atoms with van der Waals surface area (Å²) < 4.78 is 5.35. The maximum Gasteiger partial charge on any atom is 0.0634 e. The predicted molar refractivity (Wildman–Crippen MR) is 387 cm³/mol. The molecule has 0 saturated heterocycles. The molecule has 0 unspecified atom stereocenters. The average Bonchev–Trinajstić information content (AvgIpc) is 1.50. The van der Waals surface area contributed by atoms with Gasteiger partial charge in [0.15, 0.2) is 0 Å². The lowest BCUT2D eigenvalue weighted by Crippen LogP contribution is -2.16. The molecule has 9 aromatic carbocycles. The molecule has 0 atom stereocenters. The van der Waals surface area contributed by atoms with Gasteiger partial charge in [-0.05, 0) is 169 Å². The molecule has 2 nitrogen and oxygen atoms in total. The molecule has 13 aromatic rings. The molecule has 0 N–H and O–H groups in total. The van der Waals surface area contributed by atoms with Gasteiger partial charge in [0.05, 0.1) is 33.1 Å². The van der Waals surface area contributed by atoms with E-state index in [0.29, 0.717) is 0 Å². The van der Waals surface area contributed by atoms with Crippen LogP contribution < -0.4 is 0 Å². The molecule has 450 valence electrons. The molecule has 0 spiro atoms. The molecule has 88 heavy (non-hydrogen) atoms. The molecule has 2 heteroatoms. The van der Waals surface area contributed by atoms with Crippen molar-refractivity contribution in [1.29, 1.82) is 0 Å². The highest BCUT2D eigenvalue weighted by Crippen LogP contribution is 2.54. The maximum atomic E-state index is 2.68. The molecule has 4 heterocycles. The molecule has 0 saturated carbocycles. The molecule has 0 bridgehead atoms. The van der Waals surface area contributed by atoms with Crippen molar-refractivity contribution in [3.63, 3.8) is 0 Å². The van der Waals surface area contributed by atoms with E-state index in [2.05, 4.69) is 321 Å². The minimum atomic E-state index is -0.0205. The van der Waals surface area contributed by atoms with Crippen LogP contribution in [0.3, 0.4) is 0 Å². The van der Waals surface area contributed by atoms with Gasteiger partial charge in [-0.3, -0.25) is 0 Å². The largest absolute Gasteiger partial charge is 0.308 e. The Morgan fingerprint density at radius 1 is 0.182 bits per heavy atom. The lowest BCUT2D eigenvalue weighted by Gasteiger charge is -2.26. The predicted octanol–water partition coefficient (Wildman–Crippen LogP) is 25.0. The van der Waals surface area contributed by atoms with Crippen LogP contribution >= 0.6 is 0 Å². The zero-order valence-electron chi connectivity index (χ0n) is 57.8. The summed E-state index contributed by atoms with van der Waals surface area (Å²) in [5.41, 5.74) is 28.4. The van der Waals surface area contributed by atoms with Crippen molar-refractivity contribution in [2.45, 2.75) is 209 Å². The molecule has 0 fully saturated rings. The van der Waals surface area contributed by atoms with E-state index in [4.69, 9.17) is 0 Å². The highest BCUT2D eigenvalue weighted by atomic mass is 14.9. The van der Waals surface area contributed by atoms with Crippen LogP contribution in [0.4, 0.5) is 0 Å². The number of rotatable bonds is 4. The third-order valence-corrected chi connectivity index (χ3v) is 19.9. The summed E-state index contributed by atoms with van der Waals surface area (Å²) in [5.74, 6) is 0. The van der Waals surface area contributed by atoms with E-state index in [1.807, 2.05) is 0 Å². The quantitative estimate of drug-likeness (QED) is 0.166. The first-order chi connectivity index (χ1) is 40.6. The van der Waals surface area contributed by atoms with Gasteiger partial charge in [-0.25, -0.2) is 0 Å². The first-order valence-corrected chi connectivity index (χ1v) is 32.7. The second kappa shape index (κ2) is 19.1. The van der Waals surface area contributed by atoms with Crippen molar-refractivity contribution in [1.82, 2.24) is 8.80 Å². The Kier molecular flexibility index (Phi) is 12.9. The smallest absolute Gasteiger partial charge is 0.0634 e. The summed E-state index contributed by atoms with van der Waals surface area (Å²) >= 11 is 0. The van der Waals surface area contributed by atoms with Crippen LogP contribution in [0, 0.1) is 0 Å². The van der Waals surface area contributed by atoms with Crippen LogP contribution in [0.1, 0.15) is 211 Å². The Labute approximate surface area is 526 Å². The van der Waals surface area contributed by atoms with Gasteiger partial charge in [0, 0.05) is 43.1 Å². The number of nitrogens with zero attached hydrogens (tertiary/aromatic N) is 2. The fourth-order valence-electron chi connectivity index (χ4n) is 14.0. The monoisotopic (exact) mass is 1160 g/mol. The van der Waals surface area contributed by atoms with E-state index in [1.165, 1.54) is 165 Å². The molecule has 0 aliphatic carbocycles. The van der Waals surface area contributed by atoms with E-state index in [1.54, 1.807) is 0 Å². The fraction of sp³-hybridized carbons (Fsp3) is 0.372. The van der Waals surface area contributed by atoms with Crippen molar-refractivity contribution < 1.29 is 0 Å². The minimum Gasteiger partial charge on any atom is -0.308 e. The van der Waals surface area contributed by atoms with Gasteiger partial charge in [0.25, 0.3) is 0 Å². The third-order valence-electron chi connectivity index (χ3n) is 19.9. The van der Waals surface area contributed by atoms with Crippen LogP contribution in [0.5, 0.6) is 0 Å². The average molecular weight is 1160 g/mol. The minimum absolute atomic E-state index is 0.0163. The van der Waals surface area contributed by atoms with Crippen LogP contribution in [-0.2, 0) is 43.3 Å². The number of benzene rings is 9. The number of hydrogen-bond donors (Lipinski definition) is 0. The molecular formula is C86H96N2. The molecule has 0 aliphatic heterocycles. The summed E-state index contributed by atoms with van der Waals surface area (Å²) in [6, 6.07) is 59.3. The van der Waals surface area contributed by atoms with Gasteiger partial charge >= 0.3 is 0 Å². The molecule has 0 radical (unpaired) electrons. The molecule has 0 amide bonds. The third kappa shape index (κ3) is 9.72. The van der Waals surface area contributed by atoms with E-state index in [0.717, 1.165) is 0 Å². The maximum absolute atomic E-state index is 2.68. The van der Waals surface area contributed by atoms with Crippen LogP contribution in [0.15, 0.2) is 146 Å². The van der Waals surface area contributed by atoms with Crippen molar-refractivity contribution in [3.8, 4) is 44.5 Å². The summed E-state index contributed by atoms with van der Waals surface area (Å²) in [4.78, 5) is 0. The number of hydrogen-bond acceptors (Lipinski definition) is 0. The van der Waals surface area contributed by atoms with Gasteiger partial charge < -0.3 is 8.80 Å². The zero-order chi connectivity index (χ0) is 63.4. The molecule has 4 aromatic heterocycles. The lowest BCUT2D eigenvalue weighted by atomic mass is 9.78. The highest BCUT2D eigenvalue weighted by Gasteiger charge is 2.32. The summed E-state index contributed by atoms with van der Waals surface area (Å²) in [6.45, 7) is 56.5. The van der Waals surface area contributed by atoms with Crippen LogP contribution in [0.25, 0.3) is 121 Å². The number of fused-ring (bicyclic) bond motifs is 14. The second-order valence-corrected chi connectivity index (χ2v) is 35.0. The Balaban J connectivity index is 1.22. The van der Waals surface area contributed by atoms with Crippen LogP contribution in [-0.4, -0.2) is 8.80 Å². The SMILES string of the molecule is CC(C)(C)c1cc(-c2ccc3c(c2)c2c4c5ccc(-c6cc(C(C)(C)C)cc(C(C)(C)C)c6)cc5n5c6ccc(-c7cc(C(C)(C)C)cc(C(C)(C)C)c7)cc6c(c6c7ccc(-c8cc(C(C)(C)C)cc(C(C)(C)C)c8)cc7n3c26)c45)cc(C(C)(C)C)c1. The standard InChI is InChI=1S/C86H96N2/c1-79(2,3)57-33-53(34-58(45-57)80(4,5)6)49-27-31-69-67(41-49)75-73-65-29-25-52(56-39-63(85(19,20)21)48-64(40-56)86(22,23)24)44-72(65)88-70-32-28-50(54-35-59(81(7,8)9)46-60(36-54)82(10,11)12)42-68(70)76(78(73)88)74-66-30-26-51(43-71(66)87(69)77(74)75)55-37-61(83(13,14)15)47-62(38-55)84(16,17)18/h25-48H,1-24H3. The first-order valence-electron chi connectivity index (χ1n) is 32.7. The normalized spacial score (nSPS) is 13.9. The van der Waals surface area contributed by atoms with Crippen LogP contribution in [0.2, 0.25) is 0 Å². The molecule has 0 aliphatic rings. The zero-order valence-corrected chi connectivity index (χ0v) is 57.8. The summed E-state index contributed by atoms with van der Waals surface area (Å²) in [5, 5.41) is 10.5. The fourth-order valence-corrected chi connectivity index (χ4v) is 14.0. The van der Waals surface area contributed by atoms with Crippen molar-refractivity contribution >= 4 is 76.2 Å². The Morgan fingerprint density at radius 3 is 0.614 bits per heavy atom. The Bertz CT molecular complexity index is 4550. The van der Waals surface area contributed by atoms with E-state index < -0.39 is 0 Å². The molecular weight excluding hydrogens is 1060 g/mol. The van der Waals surface area contributed by atoms with Gasteiger partial charge in [-0.2, -0.15) is 0 Å².